The van der Waals surface area contributed by atoms with Crippen LogP contribution < -0.4 is 5.32 Å². The Kier molecular flexibility index (Phi) is 3.88. The molecule has 0 saturated heterocycles. The SMILES string of the molecule is CCC(C)(CNC)Cc1cscn1. The lowest BCUT2D eigenvalue weighted by Gasteiger charge is -2.26. The van der Waals surface area contributed by atoms with Crippen LogP contribution in [0.25, 0.3) is 0 Å². The van der Waals surface area contributed by atoms with Crippen molar-refractivity contribution in [2.24, 2.45) is 5.41 Å². The molecule has 1 rings (SSSR count). The number of nitrogens with zero attached hydrogens (tertiary/aromatic N) is 1. The van der Waals surface area contributed by atoms with Gasteiger partial charge in [-0.3, -0.25) is 0 Å². The zero-order valence-electron chi connectivity index (χ0n) is 8.63. The van der Waals surface area contributed by atoms with Crippen LogP contribution in [0.15, 0.2) is 10.9 Å². The van der Waals surface area contributed by atoms with Crippen LogP contribution in [0.1, 0.15) is 26.0 Å². The van der Waals surface area contributed by atoms with E-state index in [1.165, 1.54) is 12.1 Å². The molecule has 0 amide bonds. The maximum atomic E-state index is 4.32. The summed E-state index contributed by atoms with van der Waals surface area (Å²) in [6.45, 7) is 5.60. The number of aromatic nitrogens is 1. The molecule has 74 valence electrons. The largest absolute Gasteiger partial charge is 0.319 e. The second kappa shape index (κ2) is 4.72. The fourth-order valence-electron chi connectivity index (χ4n) is 1.50. The van der Waals surface area contributed by atoms with Gasteiger partial charge < -0.3 is 5.32 Å². The van der Waals surface area contributed by atoms with Gasteiger partial charge in [0.2, 0.25) is 0 Å². The highest BCUT2D eigenvalue weighted by Crippen LogP contribution is 2.25. The van der Waals surface area contributed by atoms with Gasteiger partial charge in [-0.2, -0.15) is 0 Å². The van der Waals surface area contributed by atoms with Crippen molar-refractivity contribution in [3.8, 4) is 0 Å². The first-order valence-electron chi connectivity index (χ1n) is 4.72. The summed E-state index contributed by atoms with van der Waals surface area (Å²) < 4.78 is 0. The van der Waals surface area contributed by atoms with Crippen molar-refractivity contribution in [2.45, 2.75) is 26.7 Å². The van der Waals surface area contributed by atoms with Gasteiger partial charge in [-0.15, -0.1) is 11.3 Å². The summed E-state index contributed by atoms with van der Waals surface area (Å²) in [5, 5.41) is 5.39. The minimum absolute atomic E-state index is 0.350. The summed E-state index contributed by atoms with van der Waals surface area (Å²) in [6, 6.07) is 0. The third kappa shape index (κ3) is 3.08. The van der Waals surface area contributed by atoms with Crippen LogP contribution in [0, 0.1) is 5.41 Å². The van der Waals surface area contributed by atoms with Gasteiger partial charge in [0.25, 0.3) is 0 Å². The maximum Gasteiger partial charge on any atom is 0.0794 e. The molecule has 0 aliphatic carbocycles. The molecule has 1 unspecified atom stereocenters. The van der Waals surface area contributed by atoms with E-state index >= 15 is 0 Å². The van der Waals surface area contributed by atoms with Crippen molar-refractivity contribution in [2.75, 3.05) is 13.6 Å². The topological polar surface area (TPSA) is 24.9 Å². The third-order valence-corrected chi connectivity index (χ3v) is 3.18. The van der Waals surface area contributed by atoms with Crippen LogP contribution in [0.4, 0.5) is 0 Å². The van der Waals surface area contributed by atoms with E-state index in [1.807, 2.05) is 12.6 Å². The molecule has 0 aliphatic heterocycles. The lowest BCUT2D eigenvalue weighted by Crippen LogP contribution is -2.31. The molecule has 0 fully saturated rings. The summed E-state index contributed by atoms with van der Waals surface area (Å²) in [5.41, 5.74) is 3.48. The summed E-state index contributed by atoms with van der Waals surface area (Å²) in [5.74, 6) is 0. The van der Waals surface area contributed by atoms with E-state index in [9.17, 15) is 0 Å². The van der Waals surface area contributed by atoms with E-state index in [1.54, 1.807) is 11.3 Å². The molecule has 0 radical (unpaired) electrons. The van der Waals surface area contributed by atoms with E-state index in [-0.39, 0.29) is 0 Å². The first-order valence-corrected chi connectivity index (χ1v) is 5.66. The average molecular weight is 198 g/mol. The molecule has 1 aromatic rings. The molecule has 1 atom stereocenters. The minimum Gasteiger partial charge on any atom is -0.319 e. The van der Waals surface area contributed by atoms with Crippen molar-refractivity contribution < 1.29 is 0 Å². The standard InChI is InChI=1S/C10H18N2S/c1-4-10(2,7-11-3)5-9-6-13-8-12-9/h6,8,11H,4-5,7H2,1-3H3. The van der Waals surface area contributed by atoms with E-state index in [0.717, 1.165) is 13.0 Å². The fraction of sp³-hybridized carbons (Fsp3) is 0.700. The summed E-state index contributed by atoms with van der Waals surface area (Å²) in [7, 11) is 2.01. The van der Waals surface area contributed by atoms with Crippen LogP contribution in [0.2, 0.25) is 0 Å². The fourth-order valence-corrected chi connectivity index (χ4v) is 2.06. The van der Waals surface area contributed by atoms with Crippen molar-refractivity contribution >= 4 is 11.3 Å². The van der Waals surface area contributed by atoms with Crippen LogP contribution in [-0.2, 0) is 6.42 Å². The molecular formula is C10H18N2S. The smallest absolute Gasteiger partial charge is 0.0794 e. The van der Waals surface area contributed by atoms with E-state index in [2.05, 4.69) is 29.5 Å². The van der Waals surface area contributed by atoms with Gasteiger partial charge in [-0.05, 0) is 25.3 Å². The Morgan fingerprint density at radius 2 is 2.38 bits per heavy atom. The highest BCUT2D eigenvalue weighted by Gasteiger charge is 2.22. The molecule has 3 heteroatoms. The molecule has 1 N–H and O–H groups in total. The molecule has 0 aliphatic rings. The normalized spacial score (nSPS) is 15.6. The molecule has 0 bridgehead atoms. The van der Waals surface area contributed by atoms with Crippen molar-refractivity contribution in [1.82, 2.24) is 10.3 Å². The predicted octanol–water partition coefficient (Wildman–Crippen LogP) is 2.32. The van der Waals surface area contributed by atoms with Crippen molar-refractivity contribution in [1.29, 1.82) is 0 Å². The Bertz CT molecular complexity index is 233. The van der Waals surface area contributed by atoms with Gasteiger partial charge in [-0.1, -0.05) is 13.8 Å². The summed E-state index contributed by atoms with van der Waals surface area (Å²) >= 11 is 1.68. The number of nitrogens with one attached hydrogen (secondary N) is 1. The number of hydrogen-bond acceptors (Lipinski definition) is 3. The Labute approximate surface area is 84.4 Å². The lowest BCUT2D eigenvalue weighted by atomic mass is 9.83. The van der Waals surface area contributed by atoms with Gasteiger partial charge in [0.05, 0.1) is 11.2 Å². The molecule has 0 spiro atoms. The Balaban J connectivity index is 2.58. The summed E-state index contributed by atoms with van der Waals surface area (Å²) in [4.78, 5) is 4.32. The third-order valence-electron chi connectivity index (χ3n) is 2.55. The van der Waals surface area contributed by atoms with Crippen LogP contribution in [0.3, 0.4) is 0 Å². The maximum absolute atomic E-state index is 4.32. The van der Waals surface area contributed by atoms with Crippen LogP contribution in [-0.4, -0.2) is 18.6 Å². The molecule has 1 aromatic heterocycles. The molecule has 1 heterocycles. The second-order valence-corrected chi connectivity index (χ2v) is 4.57. The average Bonchev–Trinajstić information content (AvgIpc) is 2.57. The van der Waals surface area contributed by atoms with Gasteiger partial charge in [0.1, 0.15) is 0 Å². The number of thiazole rings is 1. The molecule has 0 saturated carbocycles. The van der Waals surface area contributed by atoms with Crippen molar-refractivity contribution in [3.05, 3.63) is 16.6 Å². The number of hydrogen-bond donors (Lipinski definition) is 1. The predicted molar refractivity (Wildman–Crippen MR) is 58.1 cm³/mol. The van der Waals surface area contributed by atoms with E-state index in [0.29, 0.717) is 5.41 Å². The quantitative estimate of drug-likeness (QED) is 0.785. The lowest BCUT2D eigenvalue weighted by molar-refractivity contribution is 0.296. The van der Waals surface area contributed by atoms with Gasteiger partial charge >= 0.3 is 0 Å². The molecule has 0 aromatic carbocycles. The molecule has 13 heavy (non-hydrogen) atoms. The van der Waals surface area contributed by atoms with Crippen molar-refractivity contribution in [3.63, 3.8) is 0 Å². The van der Waals surface area contributed by atoms with E-state index in [4.69, 9.17) is 0 Å². The minimum atomic E-state index is 0.350. The van der Waals surface area contributed by atoms with Crippen LogP contribution >= 0.6 is 11.3 Å². The second-order valence-electron chi connectivity index (χ2n) is 3.85. The van der Waals surface area contributed by atoms with Gasteiger partial charge in [-0.25, -0.2) is 4.98 Å². The Hall–Kier alpha value is -0.410. The Morgan fingerprint density at radius 3 is 2.85 bits per heavy atom. The number of rotatable bonds is 5. The highest BCUT2D eigenvalue weighted by atomic mass is 32.1. The highest BCUT2D eigenvalue weighted by molar-refractivity contribution is 7.07. The van der Waals surface area contributed by atoms with Crippen LogP contribution in [0.5, 0.6) is 0 Å². The molecular weight excluding hydrogens is 180 g/mol. The summed E-state index contributed by atoms with van der Waals surface area (Å²) in [6.07, 6.45) is 2.26. The molecule has 2 nitrogen and oxygen atoms in total. The zero-order valence-corrected chi connectivity index (χ0v) is 9.45. The Morgan fingerprint density at radius 1 is 1.62 bits per heavy atom. The van der Waals surface area contributed by atoms with E-state index < -0.39 is 0 Å². The van der Waals surface area contributed by atoms with Gasteiger partial charge in [0, 0.05) is 11.9 Å². The first-order chi connectivity index (χ1) is 6.20. The van der Waals surface area contributed by atoms with Gasteiger partial charge in [0.15, 0.2) is 0 Å². The zero-order chi connectivity index (χ0) is 9.73. The monoisotopic (exact) mass is 198 g/mol. The first kappa shape index (κ1) is 10.7.